The highest BCUT2D eigenvalue weighted by Gasteiger charge is 2.26. The first kappa shape index (κ1) is 21.4. The van der Waals surface area contributed by atoms with Gasteiger partial charge in [-0.25, -0.2) is 0 Å². The summed E-state index contributed by atoms with van der Waals surface area (Å²) in [6.07, 6.45) is 5.94. The highest BCUT2D eigenvalue weighted by Crippen LogP contribution is 2.34. The molecule has 2 aliphatic rings. The number of pyridine rings is 1. The zero-order valence-corrected chi connectivity index (χ0v) is 19.0. The summed E-state index contributed by atoms with van der Waals surface area (Å²) in [6.45, 7) is 4.11. The third-order valence-corrected chi connectivity index (χ3v) is 6.18. The first-order valence-corrected chi connectivity index (χ1v) is 11.4. The molecule has 6 nitrogen and oxygen atoms in total. The predicted octanol–water partition coefficient (Wildman–Crippen LogP) is 3.71. The van der Waals surface area contributed by atoms with E-state index in [1.54, 1.807) is 12.4 Å². The van der Waals surface area contributed by atoms with Crippen molar-refractivity contribution < 1.29 is 14.3 Å². The monoisotopic (exact) mass is 493 g/mol. The molecule has 4 rings (SSSR count). The van der Waals surface area contributed by atoms with Crippen LogP contribution >= 0.6 is 27.5 Å². The number of fused-ring (bicyclic) bond motifs is 1. The second kappa shape index (κ2) is 9.98. The van der Waals surface area contributed by atoms with Crippen molar-refractivity contribution in [1.29, 1.82) is 0 Å². The average molecular weight is 495 g/mol. The molecule has 2 aromatic rings. The zero-order valence-electron chi connectivity index (χ0n) is 16.7. The van der Waals surface area contributed by atoms with Gasteiger partial charge in [-0.3, -0.25) is 14.7 Å². The number of aromatic nitrogens is 1. The number of hydrogen-bond acceptors (Lipinski definition) is 5. The number of carbonyl (C=O) groups excluding carboxylic acids is 1. The Hall–Kier alpha value is -1.83. The van der Waals surface area contributed by atoms with Crippen LogP contribution in [0.15, 0.2) is 41.1 Å². The van der Waals surface area contributed by atoms with E-state index >= 15 is 0 Å². The van der Waals surface area contributed by atoms with Gasteiger partial charge in [-0.15, -0.1) is 0 Å². The molecular weight excluding hydrogens is 470 g/mol. The Morgan fingerprint density at radius 1 is 1.23 bits per heavy atom. The number of amides is 1. The number of nitrogens with zero attached hydrogens (tertiary/aromatic N) is 2. The van der Waals surface area contributed by atoms with Crippen LogP contribution in [-0.4, -0.2) is 54.7 Å². The summed E-state index contributed by atoms with van der Waals surface area (Å²) in [5.74, 6) is 2.03. The Bertz CT molecular complexity index is 890. The Balaban J connectivity index is 1.17. The van der Waals surface area contributed by atoms with Crippen LogP contribution in [-0.2, 0) is 11.2 Å². The van der Waals surface area contributed by atoms with E-state index < -0.39 is 0 Å². The van der Waals surface area contributed by atoms with Crippen molar-refractivity contribution in [2.75, 3.05) is 32.8 Å². The highest BCUT2D eigenvalue weighted by atomic mass is 79.9. The molecule has 1 aromatic heterocycles. The van der Waals surface area contributed by atoms with E-state index in [0.29, 0.717) is 24.0 Å². The first-order chi connectivity index (χ1) is 14.5. The van der Waals surface area contributed by atoms with Gasteiger partial charge in [-0.05, 0) is 71.5 Å². The number of ether oxygens (including phenoxy) is 2. The molecule has 0 bridgehead atoms. The van der Waals surface area contributed by atoms with E-state index in [0.717, 1.165) is 60.6 Å². The minimum absolute atomic E-state index is 0.00558. The van der Waals surface area contributed by atoms with Crippen molar-refractivity contribution in [2.24, 2.45) is 5.92 Å². The molecule has 0 aliphatic carbocycles. The summed E-state index contributed by atoms with van der Waals surface area (Å²) in [5, 5.41) is 3.73. The minimum atomic E-state index is 0.00558. The summed E-state index contributed by atoms with van der Waals surface area (Å²) >= 11 is 9.44. The van der Waals surface area contributed by atoms with Crippen LogP contribution in [0, 0.1) is 5.92 Å². The summed E-state index contributed by atoms with van der Waals surface area (Å²) in [7, 11) is 0. The minimum Gasteiger partial charge on any atom is -0.486 e. The molecule has 1 aromatic carbocycles. The fraction of sp³-hybridized carbons (Fsp3) is 0.455. The second-order valence-corrected chi connectivity index (χ2v) is 9.23. The van der Waals surface area contributed by atoms with E-state index in [4.69, 9.17) is 21.1 Å². The van der Waals surface area contributed by atoms with Gasteiger partial charge < -0.3 is 14.8 Å². The maximum atomic E-state index is 12.2. The number of nitrogens with one attached hydrogen (secondary N) is 1. The topological polar surface area (TPSA) is 63.7 Å². The molecule has 160 valence electrons. The van der Waals surface area contributed by atoms with Crippen LogP contribution in [0.2, 0.25) is 5.02 Å². The lowest BCUT2D eigenvalue weighted by atomic mass is 9.96. The molecular formula is C22H25BrClN3O3. The SMILES string of the molecule is O=C(Cc1cncc(Br)c1)NCC1CCN(CC2COc3ccc(Cl)cc3O2)CC1. The number of carbonyl (C=O) groups is 1. The summed E-state index contributed by atoms with van der Waals surface area (Å²) in [4.78, 5) is 18.7. The lowest BCUT2D eigenvalue weighted by molar-refractivity contribution is -0.120. The molecule has 30 heavy (non-hydrogen) atoms. The molecule has 0 spiro atoms. The molecule has 0 radical (unpaired) electrons. The normalized spacial score (nSPS) is 19.5. The third-order valence-electron chi connectivity index (χ3n) is 5.51. The lowest BCUT2D eigenvalue weighted by Gasteiger charge is -2.35. The number of hydrogen-bond donors (Lipinski definition) is 1. The molecule has 1 atom stereocenters. The molecule has 1 fully saturated rings. The Labute approximate surface area is 190 Å². The van der Waals surface area contributed by atoms with Crippen LogP contribution in [0.5, 0.6) is 11.5 Å². The van der Waals surface area contributed by atoms with Crippen LogP contribution in [0.25, 0.3) is 0 Å². The van der Waals surface area contributed by atoms with Crippen LogP contribution in [0.1, 0.15) is 18.4 Å². The van der Waals surface area contributed by atoms with Crippen LogP contribution in [0.4, 0.5) is 0 Å². The molecule has 1 amide bonds. The van der Waals surface area contributed by atoms with Gasteiger partial charge in [0.2, 0.25) is 5.91 Å². The van der Waals surface area contributed by atoms with Gasteiger partial charge in [0.25, 0.3) is 0 Å². The molecule has 0 saturated carbocycles. The van der Waals surface area contributed by atoms with Crippen molar-refractivity contribution in [2.45, 2.75) is 25.4 Å². The Kier molecular flexibility index (Phi) is 7.12. The fourth-order valence-electron chi connectivity index (χ4n) is 3.90. The van der Waals surface area contributed by atoms with Crippen molar-refractivity contribution in [3.63, 3.8) is 0 Å². The van der Waals surface area contributed by atoms with E-state index in [-0.39, 0.29) is 12.0 Å². The third kappa shape index (κ3) is 5.86. The largest absolute Gasteiger partial charge is 0.486 e. The van der Waals surface area contributed by atoms with Gasteiger partial charge >= 0.3 is 0 Å². The Morgan fingerprint density at radius 3 is 2.87 bits per heavy atom. The van der Waals surface area contributed by atoms with Gasteiger partial charge in [0.1, 0.15) is 12.7 Å². The second-order valence-electron chi connectivity index (χ2n) is 7.88. The first-order valence-electron chi connectivity index (χ1n) is 10.2. The van der Waals surface area contributed by atoms with Gasteiger partial charge in [0.15, 0.2) is 11.5 Å². The van der Waals surface area contributed by atoms with Crippen molar-refractivity contribution in [3.05, 3.63) is 51.7 Å². The lowest BCUT2D eigenvalue weighted by Crippen LogP contribution is -2.45. The van der Waals surface area contributed by atoms with Crippen molar-refractivity contribution >= 4 is 33.4 Å². The number of likely N-dealkylation sites (tertiary alicyclic amines) is 1. The Morgan fingerprint density at radius 2 is 2.07 bits per heavy atom. The van der Waals surface area contributed by atoms with Crippen LogP contribution < -0.4 is 14.8 Å². The van der Waals surface area contributed by atoms with Gasteiger partial charge in [-0.1, -0.05) is 11.6 Å². The number of piperidine rings is 1. The van der Waals surface area contributed by atoms with E-state index in [1.165, 1.54) is 0 Å². The summed E-state index contributed by atoms with van der Waals surface area (Å²) in [5.41, 5.74) is 0.911. The molecule has 2 aliphatic heterocycles. The van der Waals surface area contributed by atoms with E-state index in [9.17, 15) is 4.79 Å². The molecule has 1 unspecified atom stereocenters. The fourth-order valence-corrected chi connectivity index (χ4v) is 4.47. The van der Waals surface area contributed by atoms with Crippen molar-refractivity contribution in [1.82, 2.24) is 15.2 Å². The molecule has 1 saturated heterocycles. The number of benzene rings is 1. The predicted molar refractivity (Wildman–Crippen MR) is 119 cm³/mol. The maximum absolute atomic E-state index is 12.2. The zero-order chi connectivity index (χ0) is 20.9. The van der Waals surface area contributed by atoms with Gasteiger partial charge in [0, 0.05) is 41.0 Å². The molecule has 8 heteroatoms. The summed E-state index contributed by atoms with van der Waals surface area (Å²) in [6, 6.07) is 7.39. The number of halogens is 2. The maximum Gasteiger partial charge on any atom is 0.224 e. The van der Waals surface area contributed by atoms with Gasteiger partial charge in [0.05, 0.1) is 6.42 Å². The molecule has 3 heterocycles. The average Bonchev–Trinajstić information content (AvgIpc) is 2.73. The van der Waals surface area contributed by atoms with E-state index in [1.807, 2.05) is 24.3 Å². The highest BCUT2D eigenvalue weighted by molar-refractivity contribution is 9.10. The quantitative estimate of drug-likeness (QED) is 0.663. The standard InChI is InChI=1S/C22H25BrClN3O3/c23-17-7-16(10-25-12-17)8-22(28)26-11-15-3-5-27(6-4-15)13-19-14-29-20-2-1-18(24)9-21(20)30-19/h1-2,7,9-10,12,15,19H,3-6,8,11,13-14H2,(H,26,28). The van der Waals surface area contributed by atoms with Crippen molar-refractivity contribution in [3.8, 4) is 11.5 Å². The molecule has 1 N–H and O–H groups in total. The number of rotatable bonds is 6. The smallest absolute Gasteiger partial charge is 0.224 e. The summed E-state index contributed by atoms with van der Waals surface area (Å²) < 4.78 is 12.8. The van der Waals surface area contributed by atoms with Crippen LogP contribution in [0.3, 0.4) is 0 Å². The van der Waals surface area contributed by atoms with E-state index in [2.05, 4.69) is 31.1 Å². The van der Waals surface area contributed by atoms with Gasteiger partial charge in [-0.2, -0.15) is 0 Å².